The number of rotatable bonds is 12. The maximum absolute atomic E-state index is 12.9. The van der Waals surface area contributed by atoms with Crippen LogP contribution < -0.4 is 15.4 Å². The minimum atomic E-state index is -0.752. The Hall–Kier alpha value is -2.55. The zero-order chi connectivity index (χ0) is 24.4. The number of carbonyl (C=O) groups excluding carboxylic acids is 4. The average molecular weight is 478 g/mol. The van der Waals surface area contributed by atoms with E-state index < -0.39 is 23.0 Å². The van der Waals surface area contributed by atoms with E-state index in [-0.39, 0.29) is 30.1 Å². The molecule has 0 saturated carbocycles. The van der Waals surface area contributed by atoms with Gasteiger partial charge in [-0.1, -0.05) is 44.2 Å². The number of nitrogens with one attached hydrogen (secondary N) is 3. The van der Waals surface area contributed by atoms with Gasteiger partial charge in [0.2, 0.25) is 11.8 Å². The number of ether oxygens (including phenoxy) is 1. The molecular formula is C24H35N3O5S. The molecule has 1 fully saturated rings. The third-order valence-corrected chi connectivity index (χ3v) is 6.27. The van der Waals surface area contributed by atoms with Crippen molar-refractivity contribution in [2.75, 3.05) is 6.54 Å². The number of benzene rings is 1. The number of hydrogen-bond donors (Lipinski definition) is 3. The van der Waals surface area contributed by atoms with Gasteiger partial charge in [0.05, 0.1) is 6.04 Å². The summed E-state index contributed by atoms with van der Waals surface area (Å²) in [6.45, 7) is 8.19. The maximum atomic E-state index is 12.9. The SMILES string of the molecule is CC(C)C[C@H](SNC(=O)OC(C)(C)Cc1ccccc1)C(=O)N[C@H](C=O)C[C@@H]1CCNC1=O. The molecule has 3 amide bonds. The van der Waals surface area contributed by atoms with Crippen molar-refractivity contribution < 1.29 is 23.9 Å². The molecule has 33 heavy (non-hydrogen) atoms. The Balaban J connectivity index is 1.89. The number of aldehydes is 1. The zero-order valence-corrected chi connectivity index (χ0v) is 20.6. The predicted octanol–water partition coefficient (Wildman–Crippen LogP) is 3.01. The molecule has 1 aliphatic rings. The standard InChI is InChI=1S/C24H35N3O5S/c1-16(2)12-20(22(30)26-19(15-28)13-18-10-11-25-21(18)29)33-27-23(31)32-24(3,4)14-17-8-6-5-7-9-17/h5-9,15-16,18-20H,10-14H2,1-4H3,(H,25,29)(H,26,30)(H,27,31)/t18-,19-,20-/m0/s1. The lowest BCUT2D eigenvalue weighted by atomic mass is 9.98. The van der Waals surface area contributed by atoms with Crippen molar-refractivity contribution in [3.8, 4) is 0 Å². The second-order valence-corrected chi connectivity index (χ2v) is 10.4. The molecule has 0 unspecified atom stereocenters. The molecule has 182 valence electrons. The summed E-state index contributed by atoms with van der Waals surface area (Å²) in [5.41, 5.74) is 0.322. The summed E-state index contributed by atoms with van der Waals surface area (Å²) in [5.74, 6) is -0.535. The summed E-state index contributed by atoms with van der Waals surface area (Å²) < 4.78 is 8.20. The molecule has 2 rings (SSSR count). The van der Waals surface area contributed by atoms with E-state index in [4.69, 9.17) is 4.74 Å². The third kappa shape index (κ3) is 9.45. The largest absolute Gasteiger partial charge is 0.443 e. The number of amides is 3. The average Bonchev–Trinajstić information content (AvgIpc) is 3.14. The molecular weight excluding hydrogens is 442 g/mol. The highest BCUT2D eigenvalue weighted by Gasteiger charge is 2.30. The molecule has 1 aromatic rings. The molecule has 1 aliphatic heterocycles. The van der Waals surface area contributed by atoms with Crippen LogP contribution in [0.2, 0.25) is 0 Å². The summed E-state index contributed by atoms with van der Waals surface area (Å²) >= 11 is 0.977. The van der Waals surface area contributed by atoms with Crippen molar-refractivity contribution in [1.82, 2.24) is 15.4 Å². The van der Waals surface area contributed by atoms with Gasteiger partial charge >= 0.3 is 6.09 Å². The second-order valence-electron chi connectivity index (χ2n) is 9.41. The van der Waals surface area contributed by atoms with Crippen LogP contribution in [-0.4, -0.2) is 47.6 Å². The number of hydrogen-bond acceptors (Lipinski definition) is 6. The van der Waals surface area contributed by atoms with Gasteiger partial charge in [0, 0.05) is 18.9 Å². The van der Waals surface area contributed by atoms with Gasteiger partial charge in [0.1, 0.15) is 17.1 Å². The van der Waals surface area contributed by atoms with Crippen LogP contribution in [0, 0.1) is 11.8 Å². The first-order chi connectivity index (χ1) is 15.6. The Bertz CT molecular complexity index is 816. The van der Waals surface area contributed by atoms with E-state index in [9.17, 15) is 19.2 Å². The molecule has 9 heteroatoms. The third-order valence-electron chi connectivity index (χ3n) is 5.30. The molecule has 0 bridgehead atoms. The van der Waals surface area contributed by atoms with Crippen LogP contribution in [0.15, 0.2) is 30.3 Å². The van der Waals surface area contributed by atoms with E-state index in [1.807, 2.05) is 58.0 Å². The highest BCUT2D eigenvalue weighted by molar-refractivity contribution is 7.99. The first-order valence-electron chi connectivity index (χ1n) is 11.3. The van der Waals surface area contributed by atoms with Gasteiger partial charge in [-0.3, -0.25) is 14.3 Å². The molecule has 8 nitrogen and oxygen atoms in total. The molecule has 0 aromatic heterocycles. The molecule has 0 spiro atoms. The van der Waals surface area contributed by atoms with E-state index >= 15 is 0 Å². The fourth-order valence-electron chi connectivity index (χ4n) is 3.75. The van der Waals surface area contributed by atoms with E-state index in [0.29, 0.717) is 32.1 Å². The van der Waals surface area contributed by atoms with Gasteiger partial charge in [0.15, 0.2) is 0 Å². The number of carbonyl (C=O) groups is 4. The highest BCUT2D eigenvalue weighted by Crippen LogP contribution is 2.21. The Morgan fingerprint density at radius 1 is 1.27 bits per heavy atom. The van der Waals surface area contributed by atoms with Gasteiger partial charge in [-0.25, -0.2) is 4.79 Å². The van der Waals surface area contributed by atoms with Crippen molar-refractivity contribution in [3.05, 3.63) is 35.9 Å². The summed E-state index contributed by atoms with van der Waals surface area (Å²) in [4.78, 5) is 48.6. The minimum Gasteiger partial charge on any atom is -0.443 e. The fraction of sp³-hybridized carbons (Fsp3) is 0.583. The molecule has 3 atom stereocenters. The summed E-state index contributed by atoms with van der Waals surface area (Å²) in [5, 5.41) is 4.86. The molecule has 0 aliphatic carbocycles. The van der Waals surface area contributed by atoms with E-state index in [2.05, 4.69) is 15.4 Å². The van der Waals surface area contributed by atoms with E-state index in [1.165, 1.54) is 0 Å². The Morgan fingerprint density at radius 2 is 1.97 bits per heavy atom. The Morgan fingerprint density at radius 3 is 2.55 bits per heavy atom. The van der Waals surface area contributed by atoms with Crippen molar-refractivity contribution in [2.24, 2.45) is 11.8 Å². The predicted molar refractivity (Wildman–Crippen MR) is 128 cm³/mol. The quantitative estimate of drug-likeness (QED) is 0.315. The lowest BCUT2D eigenvalue weighted by molar-refractivity contribution is -0.126. The van der Waals surface area contributed by atoms with Crippen LogP contribution in [0.1, 0.15) is 52.5 Å². The minimum absolute atomic E-state index is 0.0910. The summed E-state index contributed by atoms with van der Waals surface area (Å²) in [6.07, 6.45) is 2.00. The Kier molecular flexibility index (Phi) is 10.2. The second kappa shape index (κ2) is 12.6. The lowest BCUT2D eigenvalue weighted by Crippen LogP contribution is -2.44. The van der Waals surface area contributed by atoms with Gasteiger partial charge in [-0.15, -0.1) is 0 Å². The molecule has 3 N–H and O–H groups in total. The normalized spacial score (nSPS) is 17.7. The Labute approximate surface area is 200 Å². The first-order valence-corrected chi connectivity index (χ1v) is 12.2. The monoisotopic (exact) mass is 477 g/mol. The first kappa shape index (κ1) is 26.7. The highest BCUT2D eigenvalue weighted by atomic mass is 32.2. The van der Waals surface area contributed by atoms with Crippen LogP contribution >= 0.6 is 11.9 Å². The van der Waals surface area contributed by atoms with Gasteiger partial charge in [-0.2, -0.15) is 0 Å². The van der Waals surface area contributed by atoms with E-state index in [1.54, 1.807) is 0 Å². The van der Waals surface area contributed by atoms with Crippen molar-refractivity contribution in [3.63, 3.8) is 0 Å². The van der Waals surface area contributed by atoms with Gasteiger partial charge < -0.3 is 20.2 Å². The molecule has 1 saturated heterocycles. The topological polar surface area (TPSA) is 114 Å². The van der Waals surface area contributed by atoms with Crippen LogP contribution in [-0.2, 0) is 25.5 Å². The van der Waals surface area contributed by atoms with Crippen molar-refractivity contribution >= 4 is 36.1 Å². The maximum Gasteiger partial charge on any atom is 0.417 e. The smallest absolute Gasteiger partial charge is 0.417 e. The van der Waals surface area contributed by atoms with Gasteiger partial charge in [0.25, 0.3) is 0 Å². The van der Waals surface area contributed by atoms with Crippen LogP contribution in [0.25, 0.3) is 0 Å². The molecule has 1 aromatic carbocycles. The molecule has 1 heterocycles. The van der Waals surface area contributed by atoms with Gasteiger partial charge in [-0.05, 0) is 56.5 Å². The summed E-state index contributed by atoms with van der Waals surface area (Å²) in [7, 11) is 0. The van der Waals surface area contributed by atoms with Crippen LogP contribution in [0.3, 0.4) is 0 Å². The van der Waals surface area contributed by atoms with Crippen molar-refractivity contribution in [2.45, 2.75) is 70.3 Å². The zero-order valence-electron chi connectivity index (χ0n) is 19.8. The van der Waals surface area contributed by atoms with Crippen molar-refractivity contribution in [1.29, 1.82) is 0 Å². The van der Waals surface area contributed by atoms with Crippen LogP contribution in [0.4, 0.5) is 4.79 Å². The van der Waals surface area contributed by atoms with Crippen LogP contribution in [0.5, 0.6) is 0 Å². The summed E-state index contributed by atoms with van der Waals surface area (Å²) in [6, 6.07) is 8.99. The fourth-order valence-corrected chi connectivity index (χ4v) is 4.69. The molecule has 0 radical (unpaired) electrons. The van der Waals surface area contributed by atoms with E-state index in [0.717, 1.165) is 17.5 Å². The lowest BCUT2D eigenvalue weighted by Gasteiger charge is -2.26.